The first-order chi connectivity index (χ1) is 22.2. The maximum Gasteiger partial charge on any atom is 0.411 e. The number of carbonyl (C=O) groups excluding carboxylic acids is 3. The molecule has 2 aromatic rings. The van der Waals surface area contributed by atoms with Gasteiger partial charge in [-0.25, -0.2) is 9.59 Å². The van der Waals surface area contributed by atoms with Gasteiger partial charge in [0.2, 0.25) is 5.91 Å². The van der Waals surface area contributed by atoms with Crippen LogP contribution in [0.1, 0.15) is 84.6 Å². The smallest absolute Gasteiger partial charge is 0.411 e. The van der Waals surface area contributed by atoms with Crippen LogP contribution in [0.4, 0.5) is 21.0 Å². The van der Waals surface area contributed by atoms with Crippen molar-refractivity contribution < 1.29 is 19.1 Å². The number of hydrogen-bond acceptors (Lipinski definition) is 5. The molecule has 1 atom stereocenters. The molecule has 4 rings (SSSR count). The first-order valence-electron chi connectivity index (χ1n) is 17.4. The van der Waals surface area contributed by atoms with Gasteiger partial charge in [0.15, 0.2) is 0 Å². The Balaban J connectivity index is 1.34. The summed E-state index contributed by atoms with van der Waals surface area (Å²) in [5.41, 5.74) is 2.73. The predicted molar refractivity (Wildman–Crippen MR) is 185 cm³/mol. The van der Waals surface area contributed by atoms with Crippen molar-refractivity contribution in [2.75, 3.05) is 42.9 Å². The summed E-state index contributed by atoms with van der Waals surface area (Å²) in [5.74, 6) is 0.901. The fourth-order valence-corrected chi connectivity index (χ4v) is 6.36. The number of anilines is 2. The van der Waals surface area contributed by atoms with E-state index in [0.717, 1.165) is 75.8 Å². The molecule has 4 amide bonds. The summed E-state index contributed by atoms with van der Waals surface area (Å²) < 4.78 is 5.38. The lowest BCUT2D eigenvalue weighted by molar-refractivity contribution is -0.134. The molecule has 0 saturated carbocycles. The fourth-order valence-electron chi connectivity index (χ4n) is 6.36. The van der Waals surface area contributed by atoms with Gasteiger partial charge < -0.3 is 24.8 Å². The Bertz CT molecular complexity index is 1220. The Labute approximate surface area is 276 Å². The van der Waals surface area contributed by atoms with Crippen molar-refractivity contribution in [2.24, 2.45) is 11.8 Å². The molecule has 2 aromatic carbocycles. The largest absolute Gasteiger partial charge is 0.444 e. The van der Waals surface area contributed by atoms with Gasteiger partial charge in [-0.1, -0.05) is 70.9 Å². The Hall–Kier alpha value is -3.75. The zero-order chi connectivity index (χ0) is 32.9. The van der Waals surface area contributed by atoms with Gasteiger partial charge in [0.25, 0.3) is 0 Å². The van der Waals surface area contributed by atoms with Crippen LogP contribution in [0.5, 0.6) is 0 Å². The lowest BCUT2D eigenvalue weighted by Gasteiger charge is -2.41. The zero-order valence-electron chi connectivity index (χ0n) is 28.4. The summed E-state index contributed by atoms with van der Waals surface area (Å²) in [6.07, 6.45) is 7.31. The third-order valence-electron chi connectivity index (χ3n) is 9.02. The second-order valence-electron chi connectivity index (χ2n) is 13.7. The molecule has 0 radical (unpaired) electrons. The number of amides is 4. The summed E-state index contributed by atoms with van der Waals surface area (Å²) in [6, 6.07) is 17.3. The van der Waals surface area contributed by atoms with E-state index in [4.69, 9.17) is 4.74 Å². The van der Waals surface area contributed by atoms with Gasteiger partial charge in [-0.05, 0) is 80.2 Å². The van der Waals surface area contributed by atoms with Crippen LogP contribution in [0.3, 0.4) is 0 Å². The molecule has 9 heteroatoms. The molecule has 252 valence electrons. The van der Waals surface area contributed by atoms with E-state index in [1.54, 1.807) is 0 Å². The molecular formula is C37H55N5O4. The number of nitrogens with one attached hydrogen (secondary N) is 2. The van der Waals surface area contributed by atoms with Crippen molar-refractivity contribution in [3.8, 4) is 0 Å². The Morgan fingerprint density at radius 1 is 0.826 bits per heavy atom. The number of ether oxygens (including phenoxy) is 1. The molecule has 0 aromatic heterocycles. The number of nitrogens with zero attached hydrogens (tertiary/aromatic N) is 3. The highest BCUT2D eigenvalue weighted by Crippen LogP contribution is 2.27. The van der Waals surface area contributed by atoms with Gasteiger partial charge in [0, 0.05) is 50.1 Å². The van der Waals surface area contributed by atoms with Gasteiger partial charge in [-0.15, -0.1) is 0 Å². The van der Waals surface area contributed by atoms with Crippen molar-refractivity contribution in [3.63, 3.8) is 0 Å². The van der Waals surface area contributed by atoms with E-state index in [2.05, 4.69) is 55.4 Å². The first kappa shape index (κ1) is 35.1. The van der Waals surface area contributed by atoms with Crippen molar-refractivity contribution in [2.45, 2.75) is 97.8 Å². The van der Waals surface area contributed by atoms with E-state index < -0.39 is 12.1 Å². The second-order valence-corrected chi connectivity index (χ2v) is 13.7. The van der Waals surface area contributed by atoms with Crippen molar-refractivity contribution >= 4 is 29.4 Å². The van der Waals surface area contributed by atoms with Crippen molar-refractivity contribution in [1.29, 1.82) is 0 Å². The van der Waals surface area contributed by atoms with E-state index in [1.165, 1.54) is 0 Å². The first-order valence-corrected chi connectivity index (χ1v) is 17.4. The minimum absolute atomic E-state index is 0.0404. The molecule has 2 saturated heterocycles. The molecule has 2 aliphatic heterocycles. The number of benzene rings is 2. The summed E-state index contributed by atoms with van der Waals surface area (Å²) in [6.45, 7) is 12.7. The number of hydrogen-bond donors (Lipinski definition) is 2. The van der Waals surface area contributed by atoms with Gasteiger partial charge >= 0.3 is 12.1 Å². The predicted octanol–water partition coefficient (Wildman–Crippen LogP) is 7.28. The third-order valence-corrected chi connectivity index (χ3v) is 9.02. The van der Waals surface area contributed by atoms with Gasteiger partial charge in [0.05, 0.1) is 0 Å². The molecular weight excluding hydrogens is 578 g/mol. The van der Waals surface area contributed by atoms with E-state index in [-0.39, 0.29) is 18.5 Å². The zero-order valence-corrected chi connectivity index (χ0v) is 28.4. The number of carbonyl (C=O) groups is 3. The molecule has 0 spiro atoms. The Morgan fingerprint density at radius 3 is 2.09 bits per heavy atom. The van der Waals surface area contributed by atoms with Crippen molar-refractivity contribution in [1.82, 2.24) is 15.1 Å². The summed E-state index contributed by atoms with van der Waals surface area (Å²) >= 11 is 0. The van der Waals surface area contributed by atoms with Crippen LogP contribution in [0.25, 0.3) is 0 Å². The molecule has 0 aliphatic carbocycles. The van der Waals surface area contributed by atoms with Crippen LogP contribution in [-0.2, 0) is 16.1 Å². The van der Waals surface area contributed by atoms with Crippen LogP contribution in [0.2, 0.25) is 0 Å². The van der Waals surface area contributed by atoms with Crippen LogP contribution < -0.4 is 15.5 Å². The topological polar surface area (TPSA) is 94.2 Å². The summed E-state index contributed by atoms with van der Waals surface area (Å²) in [4.78, 5) is 45.6. The van der Waals surface area contributed by atoms with E-state index in [9.17, 15) is 14.4 Å². The monoisotopic (exact) mass is 633 g/mol. The second kappa shape index (κ2) is 17.8. The van der Waals surface area contributed by atoms with Crippen LogP contribution in [0, 0.1) is 11.8 Å². The fraction of sp³-hybridized carbons (Fsp3) is 0.595. The summed E-state index contributed by atoms with van der Waals surface area (Å²) in [7, 11) is 0. The molecule has 9 nitrogen and oxygen atoms in total. The van der Waals surface area contributed by atoms with Gasteiger partial charge in [0.1, 0.15) is 12.6 Å². The highest BCUT2D eigenvalue weighted by atomic mass is 16.5. The average Bonchev–Trinajstić information content (AvgIpc) is 3.34. The molecule has 2 heterocycles. The summed E-state index contributed by atoms with van der Waals surface area (Å²) in [5, 5.41) is 5.95. The van der Waals surface area contributed by atoms with E-state index in [1.807, 2.05) is 52.3 Å². The molecule has 46 heavy (non-hydrogen) atoms. The normalized spacial score (nSPS) is 16.6. The SMILES string of the molecule is CC(C)CCN(c1ccc(NC(=O)OCc2ccccc2)cc1)C1CCN(C(=O)[C@H](CC(C)C)NC(=O)N2CCCCCC2)CC1. The molecule has 2 fully saturated rings. The minimum atomic E-state index is -0.497. The van der Waals surface area contributed by atoms with E-state index in [0.29, 0.717) is 43.1 Å². The highest BCUT2D eigenvalue weighted by molar-refractivity contribution is 5.87. The lowest BCUT2D eigenvalue weighted by atomic mass is 9.98. The molecule has 2 N–H and O–H groups in total. The maximum atomic E-state index is 13.8. The van der Waals surface area contributed by atoms with Crippen LogP contribution >= 0.6 is 0 Å². The molecule has 0 unspecified atom stereocenters. The minimum Gasteiger partial charge on any atom is -0.444 e. The quantitative estimate of drug-likeness (QED) is 0.256. The number of urea groups is 1. The lowest BCUT2D eigenvalue weighted by Crippen LogP contribution is -2.55. The molecule has 0 bridgehead atoms. The standard InChI is InChI=1S/C37H55N5O4/c1-28(2)18-25-42(32-16-14-31(15-17-32)38-37(45)46-27-30-12-8-7-9-13-30)33-19-23-40(24-20-33)35(43)34(26-29(3)4)39-36(44)41-21-10-5-6-11-22-41/h7-9,12-17,28-29,33-34H,5-6,10-11,18-27H2,1-4H3,(H,38,45)(H,39,44)/t34-/m0/s1. The molecule has 2 aliphatic rings. The third kappa shape index (κ3) is 11.0. The highest BCUT2D eigenvalue weighted by Gasteiger charge is 2.32. The average molecular weight is 634 g/mol. The van der Waals surface area contributed by atoms with Crippen LogP contribution in [0.15, 0.2) is 54.6 Å². The number of rotatable bonds is 12. The van der Waals surface area contributed by atoms with E-state index >= 15 is 0 Å². The van der Waals surface area contributed by atoms with Gasteiger partial charge in [-0.3, -0.25) is 10.1 Å². The Kier molecular flexibility index (Phi) is 13.6. The van der Waals surface area contributed by atoms with Crippen molar-refractivity contribution in [3.05, 3.63) is 60.2 Å². The van der Waals surface area contributed by atoms with Gasteiger partial charge in [-0.2, -0.15) is 0 Å². The maximum absolute atomic E-state index is 13.8. The number of likely N-dealkylation sites (tertiary alicyclic amines) is 2. The Morgan fingerprint density at radius 2 is 1.48 bits per heavy atom. The van der Waals surface area contributed by atoms with Crippen LogP contribution in [-0.4, -0.2) is 72.6 Å². The number of piperidine rings is 1.